The van der Waals surface area contributed by atoms with Gasteiger partial charge in [0.05, 0.1) is 11.6 Å². The Hall–Kier alpha value is -2.21. The lowest BCUT2D eigenvalue weighted by Crippen LogP contribution is -2.53. The Bertz CT molecular complexity index is 999. The third kappa shape index (κ3) is 4.15. The summed E-state index contributed by atoms with van der Waals surface area (Å²) in [6.45, 7) is 6.31. The summed E-state index contributed by atoms with van der Waals surface area (Å²) >= 11 is 0. The topological polar surface area (TPSA) is 76.0 Å². The minimum Gasteiger partial charge on any atom is -0.352 e. The van der Waals surface area contributed by atoms with E-state index in [1.165, 1.54) is 0 Å². The van der Waals surface area contributed by atoms with Gasteiger partial charge >= 0.3 is 0 Å². The molecule has 2 fully saturated rings. The highest BCUT2D eigenvalue weighted by molar-refractivity contribution is 5.82. The van der Waals surface area contributed by atoms with Gasteiger partial charge in [-0.1, -0.05) is 6.92 Å². The molecule has 2 aromatic heterocycles. The van der Waals surface area contributed by atoms with Gasteiger partial charge in [0.15, 0.2) is 0 Å². The van der Waals surface area contributed by atoms with Crippen LogP contribution in [0, 0.1) is 12.8 Å². The first-order valence-electron chi connectivity index (χ1n) is 11.4. The zero-order chi connectivity index (χ0) is 21.4. The first-order chi connectivity index (χ1) is 14.3. The number of nitrogens with one attached hydrogen (secondary N) is 2. The fraction of sp³-hybridized carbons (Fsp3) is 0.625. The highest BCUT2D eigenvalue weighted by Crippen LogP contribution is 2.37. The summed E-state index contributed by atoms with van der Waals surface area (Å²) in [5, 5.41) is 7.71. The molecule has 2 aromatic rings. The molecule has 6 heteroatoms. The number of nitrogens with zero attached hydrogens (tertiary/aromatic N) is 2. The molecule has 3 heterocycles. The van der Waals surface area contributed by atoms with E-state index in [1.54, 1.807) is 4.57 Å². The van der Waals surface area contributed by atoms with Crippen molar-refractivity contribution in [3.8, 4) is 0 Å². The normalized spacial score (nSPS) is 29.7. The Morgan fingerprint density at radius 2 is 2.00 bits per heavy atom. The number of piperidine rings is 1. The summed E-state index contributed by atoms with van der Waals surface area (Å²) < 4.78 is 1.75. The minimum atomic E-state index is -0.0885. The molecule has 5 unspecified atom stereocenters. The molecule has 2 N–H and O–H groups in total. The SMILES string of the molecule is Cc1cc2c(cn1)cc(C1CC(NC(=O)C3CCCC(C)N3)CCC1C)c(=O)n2C. The maximum Gasteiger partial charge on any atom is 0.254 e. The summed E-state index contributed by atoms with van der Waals surface area (Å²) in [5.74, 6) is 0.673. The number of rotatable bonds is 3. The van der Waals surface area contributed by atoms with Gasteiger partial charge in [0.2, 0.25) is 5.91 Å². The van der Waals surface area contributed by atoms with Crippen molar-refractivity contribution in [1.82, 2.24) is 20.2 Å². The predicted octanol–water partition coefficient (Wildman–Crippen LogP) is 3.16. The zero-order valence-corrected chi connectivity index (χ0v) is 18.6. The van der Waals surface area contributed by atoms with Gasteiger partial charge in [0, 0.05) is 42.0 Å². The molecule has 30 heavy (non-hydrogen) atoms. The molecule has 2 aliphatic rings. The van der Waals surface area contributed by atoms with Crippen LogP contribution in [0.15, 0.2) is 23.1 Å². The Morgan fingerprint density at radius 1 is 1.20 bits per heavy atom. The quantitative estimate of drug-likeness (QED) is 0.815. The average Bonchev–Trinajstić information content (AvgIpc) is 2.72. The fourth-order valence-corrected chi connectivity index (χ4v) is 5.29. The van der Waals surface area contributed by atoms with E-state index >= 15 is 0 Å². The van der Waals surface area contributed by atoms with Crippen molar-refractivity contribution in [2.45, 2.75) is 83.3 Å². The average molecular weight is 411 g/mol. The summed E-state index contributed by atoms with van der Waals surface area (Å²) in [6.07, 6.45) is 7.79. The van der Waals surface area contributed by atoms with Gasteiger partial charge in [0.1, 0.15) is 0 Å². The van der Waals surface area contributed by atoms with Gasteiger partial charge < -0.3 is 15.2 Å². The van der Waals surface area contributed by atoms with E-state index < -0.39 is 0 Å². The second kappa shape index (κ2) is 8.50. The molecule has 0 aromatic carbocycles. The van der Waals surface area contributed by atoms with Gasteiger partial charge in [-0.2, -0.15) is 0 Å². The number of pyridine rings is 2. The van der Waals surface area contributed by atoms with Gasteiger partial charge in [-0.05, 0) is 76.3 Å². The van der Waals surface area contributed by atoms with Gasteiger partial charge in [-0.3, -0.25) is 14.6 Å². The molecule has 6 nitrogen and oxygen atoms in total. The van der Waals surface area contributed by atoms with Crippen LogP contribution in [0.3, 0.4) is 0 Å². The van der Waals surface area contributed by atoms with E-state index in [0.29, 0.717) is 12.0 Å². The molecule has 1 saturated heterocycles. The van der Waals surface area contributed by atoms with Gasteiger partial charge in [-0.25, -0.2) is 0 Å². The van der Waals surface area contributed by atoms with Crippen LogP contribution in [0.5, 0.6) is 0 Å². The van der Waals surface area contributed by atoms with Crippen LogP contribution < -0.4 is 16.2 Å². The van der Waals surface area contributed by atoms with Crippen molar-refractivity contribution >= 4 is 16.8 Å². The molecule has 4 rings (SSSR count). The van der Waals surface area contributed by atoms with Crippen LogP contribution in [0.2, 0.25) is 0 Å². The summed E-state index contributed by atoms with van der Waals surface area (Å²) in [6, 6.07) is 4.42. The fourth-order valence-electron chi connectivity index (χ4n) is 5.29. The van der Waals surface area contributed by atoms with E-state index in [1.807, 2.05) is 32.3 Å². The Morgan fingerprint density at radius 3 is 2.77 bits per heavy atom. The highest BCUT2D eigenvalue weighted by atomic mass is 16.2. The zero-order valence-electron chi connectivity index (χ0n) is 18.6. The minimum absolute atomic E-state index is 0.0692. The number of aryl methyl sites for hydroxylation is 2. The number of hydrogen-bond acceptors (Lipinski definition) is 4. The highest BCUT2D eigenvalue weighted by Gasteiger charge is 2.33. The summed E-state index contributed by atoms with van der Waals surface area (Å²) in [5.41, 5.74) is 2.75. The number of carbonyl (C=O) groups excluding carboxylic acids is 1. The van der Waals surface area contributed by atoms with Crippen LogP contribution >= 0.6 is 0 Å². The molecule has 5 atom stereocenters. The van der Waals surface area contributed by atoms with E-state index in [-0.39, 0.29) is 29.5 Å². The van der Waals surface area contributed by atoms with Gasteiger partial charge in [0.25, 0.3) is 5.56 Å². The second-order valence-corrected chi connectivity index (χ2v) is 9.50. The molecule has 1 aliphatic heterocycles. The molecule has 1 amide bonds. The molecule has 1 aliphatic carbocycles. The number of hydrogen-bond donors (Lipinski definition) is 2. The Kier molecular flexibility index (Phi) is 5.96. The van der Waals surface area contributed by atoms with Crippen LogP contribution in [0.25, 0.3) is 10.9 Å². The largest absolute Gasteiger partial charge is 0.352 e. The summed E-state index contributed by atoms with van der Waals surface area (Å²) in [7, 11) is 1.84. The lowest BCUT2D eigenvalue weighted by atomic mass is 9.74. The van der Waals surface area contributed by atoms with Crippen LogP contribution in [0.4, 0.5) is 0 Å². The number of carbonyl (C=O) groups is 1. The summed E-state index contributed by atoms with van der Waals surface area (Å²) in [4.78, 5) is 30.4. The molecular weight excluding hydrogens is 376 g/mol. The lowest BCUT2D eigenvalue weighted by Gasteiger charge is -2.36. The molecule has 162 valence electrons. The Labute approximate surface area is 178 Å². The van der Waals surface area contributed by atoms with Crippen molar-refractivity contribution in [3.63, 3.8) is 0 Å². The third-order valence-electron chi connectivity index (χ3n) is 7.15. The smallest absolute Gasteiger partial charge is 0.254 e. The molecule has 0 radical (unpaired) electrons. The Balaban J connectivity index is 1.55. The van der Waals surface area contributed by atoms with E-state index in [2.05, 4.69) is 29.5 Å². The monoisotopic (exact) mass is 410 g/mol. The molecule has 1 saturated carbocycles. The number of amides is 1. The van der Waals surface area contributed by atoms with E-state index in [4.69, 9.17) is 0 Å². The molecule has 0 spiro atoms. The van der Waals surface area contributed by atoms with Crippen LogP contribution in [-0.4, -0.2) is 33.6 Å². The third-order valence-corrected chi connectivity index (χ3v) is 7.15. The maximum atomic E-state index is 13.2. The molecular formula is C24H34N4O2. The number of aromatic nitrogens is 2. The van der Waals surface area contributed by atoms with Gasteiger partial charge in [-0.15, -0.1) is 0 Å². The molecule has 0 bridgehead atoms. The van der Waals surface area contributed by atoms with E-state index in [0.717, 1.165) is 60.7 Å². The first kappa shape index (κ1) is 21.0. The first-order valence-corrected chi connectivity index (χ1v) is 11.4. The van der Waals surface area contributed by atoms with E-state index in [9.17, 15) is 9.59 Å². The number of fused-ring (bicyclic) bond motifs is 1. The lowest BCUT2D eigenvalue weighted by molar-refractivity contribution is -0.125. The van der Waals surface area contributed by atoms with Crippen molar-refractivity contribution < 1.29 is 4.79 Å². The second-order valence-electron chi connectivity index (χ2n) is 9.50. The maximum absolute atomic E-state index is 13.2. The predicted molar refractivity (Wildman–Crippen MR) is 120 cm³/mol. The van der Waals surface area contributed by atoms with Crippen LogP contribution in [0.1, 0.15) is 69.5 Å². The standard InChI is InChI=1S/C24H34N4O2/c1-14-8-9-18(27-23(29)21-7-5-6-15(2)26-21)12-19(14)20-11-17-13-25-16(3)10-22(17)28(4)24(20)30/h10-11,13-15,18-19,21,26H,5-9,12H2,1-4H3,(H,27,29). The van der Waals surface area contributed by atoms with Crippen LogP contribution in [-0.2, 0) is 11.8 Å². The van der Waals surface area contributed by atoms with Crippen molar-refractivity contribution in [3.05, 3.63) is 39.9 Å². The van der Waals surface area contributed by atoms with Crippen molar-refractivity contribution in [1.29, 1.82) is 0 Å². The van der Waals surface area contributed by atoms with Crippen molar-refractivity contribution in [2.75, 3.05) is 0 Å². The van der Waals surface area contributed by atoms with Crippen molar-refractivity contribution in [2.24, 2.45) is 13.0 Å².